The summed E-state index contributed by atoms with van der Waals surface area (Å²) in [6.45, 7) is 0.242. The van der Waals surface area contributed by atoms with E-state index in [-0.39, 0.29) is 68.3 Å². The Kier molecular flexibility index (Phi) is 13.0. The fourth-order valence-electron chi connectivity index (χ4n) is 4.96. The number of ether oxygens (including phenoxy) is 3. The van der Waals surface area contributed by atoms with E-state index in [1.54, 1.807) is 32.3 Å². The summed E-state index contributed by atoms with van der Waals surface area (Å²) < 4.78 is 59.5. The molecule has 1 atom stereocenters. The van der Waals surface area contributed by atoms with Crippen molar-refractivity contribution >= 4 is 28.7 Å². The molecule has 2 aromatic heterocycles. The number of hydrogen-bond donors (Lipinski definition) is 1. The van der Waals surface area contributed by atoms with Crippen molar-refractivity contribution in [2.24, 2.45) is 0 Å². The Balaban J connectivity index is 1.50. The third-order valence-corrected chi connectivity index (χ3v) is 7.76. The van der Waals surface area contributed by atoms with Crippen molar-refractivity contribution in [3.63, 3.8) is 0 Å². The van der Waals surface area contributed by atoms with Crippen molar-refractivity contribution in [2.75, 3.05) is 41.4 Å². The average molecular weight is 697 g/mol. The van der Waals surface area contributed by atoms with E-state index in [1.165, 1.54) is 59.0 Å². The second-order valence-corrected chi connectivity index (χ2v) is 11.8. The number of ketones is 1. The van der Waals surface area contributed by atoms with Crippen LogP contribution >= 0.6 is 0 Å². The number of fused-ring (bicyclic) bond motifs is 1. The van der Waals surface area contributed by atoms with Gasteiger partial charge in [-0.3, -0.25) is 14.4 Å². The molecule has 0 radical (unpaired) electrons. The molecule has 266 valence electrons. The van der Waals surface area contributed by atoms with Gasteiger partial charge in [0.15, 0.2) is 11.9 Å². The van der Waals surface area contributed by atoms with Gasteiger partial charge >= 0.3 is 6.09 Å². The highest BCUT2D eigenvalue weighted by Crippen LogP contribution is 2.29. The number of benzene rings is 2. The molecule has 2 amide bonds. The van der Waals surface area contributed by atoms with Crippen molar-refractivity contribution < 1.29 is 41.8 Å². The summed E-state index contributed by atoms with van der Waals surface area (Å²) in [5.74, 6) is -2.77. The molecule has 0 aliphatic heterocycles. The first kappa shape index (κ1) is 37.4. The molecular formula is C36H39F3N4O7. The number of Topliss-reactive ketones (excluding diaryl/α,β-unsaturated/α-hetero) is 1. The summed E-state index contributed by atoms with van der Waals surface area (Å²) in [6, 6.07) is 10.2. The molecule has 1 N–H and O–H groups in total. The van der Waals surface area contributed by atoms with Crippen LogP contribution in [0.25, 0.3) is 10.9 Å². The Morgan fingerprint density at radius 2 is 1.78 bits per heavy atom. The Bertz CT molecular complexity index is 1920. The van der Waals surface area contributed by atoms with Gasteiger partial charge in [-0.2, -0.15) is 0 Å². The lowest BCUT2D eigenvalue weighted by Crippen LogP contribution is -2.37. The molecule has 0 spiro atoms. The van der Waals surface area contributed by atoms with Crippen LogP contribution in [0.3, 0.4) is 0 Å². The first-order valence-electron chi connectivity index (χ1n) is 15.7. The maximum Gasteiger partial charge on any atom is 0.410 e. The molecule has 0 fully saturated rings. The molecule has 0 aliphatic rings. The number of nitrogens with zero attached hydrogens (tertiary/aromatic N) is 3. The van der Waals surface area contributed by atoms with Gasteiger partial charge in [-0.25, -0.2) is 18.0 Å². The average Bonchev–Trinajstić information content (AvgIpc) is 3.48. The standard InChI is InChI=1S/C36H39F3N4O7/c1-41(2)33(45)10-6-5-9-31(50-36(47)42(3)14-15-48-4)30(44)18-23-8-7-13-43(35(23)46)21-28-17-25-16-27(38)20-32(34(25)40-28)49-22-24-11-12-26(37)19-29(24)39/h6-8,10-13,16-17,19-20,31,40H,5,9,14-15,18,21-22H2,1-4H3/b10-6+/t31-/m0/s1. The molecule has 0 bridgehead atoms. The van der Waals surface area contributed by atoms with Gasteiger partial charge in [0.05, 0.1) is 18.7 Å². The summed E-state index contributed by atoms with van der Waals surface area (Å²) in [4.78, 5) is 57.4. The van der Waals surface area contributed by atoms with E-state index in [0.29, 0.717) is 16.6 Å². The van der Waals surface area contributed by atoms with Gasteiger partial charge in [0.2, 0.25) is 5.91 Å². The zero-order valence-electron chi connectivity index (χ0n) is 28.2. The van der Waals surface area contributed by atoms with Crippen LogP contribution in [0, 0.1) is 17.5 Å². The second kappa shape index (κ2) is 17.3. The number of pyridine rings is 1. The van der Waals surface area contributed by atoms with Crippen molar-refractivity contribution in [3.8, 4) is 5.75 Å². The molecule has 0 saturated carbocycles. The fraction of sp³-hybridized carbons (Fsp3) is 0.333. The molecule has 2 aromatic carbocycles. The molecule has 0 aliphatic carbocycles. The van der Waals surface area contributed by atoms with Gasteiger partial charge in [0.25, 0.3) is 5.56 Å². The lowest BCUT2D eigenvalue weighted by molar-refractivity contribution is -0.127. The molecule has 4 rings (SSSR count). The Morgan fingerprint density at radius 3 is 2.50 bits per heavy atom. The quantitative estimate of drug-likeness (QED) is 0.164. The summed E-state index contributed by atoms with van der Waals surface area (Å²) in [5, 5.41) is 0.440. The number of amides is 2. The summed E-state index contributed by atoms with van der Waals surface area (Å²) >= 11 is 0. The topological polar surface area (TPSA) is 123 Å². The summed E-state index contributed by atoms with van der Waals surface area (Å²) in [6.07, 6.45) is 2.58. The minimum absolute atomic E-state index is 0.0244. The first-order valence-corrected chi connectivity index (χ1v) is 15.7. The number of aromatic amines is 1. The number of carbonyl (C=O) groups excluding carboxylic acids is 3. The largest absolute Gasteiger partial charge is 0.486 e. The normalized spacial score (nSPS) is 11.9. The monoisotopic (exact) mass is 696 g/mol. The number of methoxy groups -OCH3 is 1. The number of likely N-dealkylation sites (N-methyl/N-ethyl adjacent to an activating group) is 2. The zero-order valence-corrected chi connectivity index (χ0v) is 28.2. The van der Waals surface area contributed by atoms with Crippen LogP contribution in [0.2, 0.25) is 0 Å². The maximum atomic E-state index is 14.5. The highest BCUT2D eigenvalue weighted by Gasteiger charge is 2.25. The van der Waals surface area contributed by atoms with Gasteiger partial charge in [0, 0.05) is 81.8 Å². The molecule has 2 heterocycles. The van der Waals surface area contributed by atoms with Crippen LogP contribution in [0.5, 0.6) is 5.75 Å². The van der Waals surface area contributed by atoms with E-state index in [0.717, 1.165) is 18.2 Å². The number of aromatic nitrogens is 2. The summed E-state index contributed by atoms with van der Waals surface area (Å²) in [7, 11) is 6.21. The number of allylic oxidation sites excluding steroid dienone is 1. The minimum atomic E-state index is -1.19. The minimum Gasteiger partial charge on any atom is -0.486 e. The molecule has 11 nitrogen and oxygen atoms in total. The summed E-state index contributed by atoms with van der Waals surface area (Å²) in [5.41, 5.74) is 0.702. The van der Waals surface area contributed by atoms with E-state index in [2.05, 4.69) is 4.98 Å². The smallest absolute Gasteiger partial charge is 0.410 e. The van der Waals surface area contributed by atoms with E-state index in [9.17, 15) is 32.3 Å². The van der Waals surface area contributed by atoms with E-state index in [4.69, 9.17) is 14.2 Å². The molecular weight excluding hydrogens is 657 g/mol. The van der Waals surface area contributed by atoms with Gasteiger partial charge in [0.1, 0.15) is 29.8 Å². The van der Waals surface area contributed by atoms with Gasteiger partial charge in [-0.05, 0) is 49.2 Å². The number of hydrogen-bond acceptors (Lipinski definition) is 7. The molecule has 50 heavy (non-hydrogen) atoms. The van der Waals surface area contributed by atoms with E-state index >= 15 is 0 Å². The predicted octanol–water partition coefficient (Wildman–Crippen LogP) is 4.99. The molecule has 4 aromatic rings. The zero-order chi connectivity index (χ0) is 36.4. The van der Waals surface area contributed by atoms with E-state index < -0.39 is 41.0 Å². The number of H-pyrrole nitrogens is 1. The van der Waals surface area contributed by atoms with Crippen LogP contribution in [0.4, 0.5) is 18.0 Å². The highest BCUT2D eigenvalue weighted by atomic mass is 19.1. The third-order valence-electron chi connectivity index (χ3n) is 7.76. The van der Waals surface area contributed by atoms with Crippen LogP contribution in [0.15, 0.2) is 71.7 Å². The van der Waals surface area contributed by atoms with Crippen molar-refractivity contribution in [2.45, 2.75) is 38.5 Å². The van der Waals surface area contributed by atoms with Crippen molar-refractivity contribution in [3.05, 3.63) is 112 Å². The Morgan fingerprint density at radius 1 is 1.00 bits per heavy atom. The number of carbonyl (C=O) groups is 3. The Hall–Kier alpha value is -5.37. The van der Waals surface area contributed by atoms with Crippen molar-refractivity contribution in [1.82, 2.24) is 19.4 Å². The third kappa shape index (κ3) is 10.1. The van der Waals surface area contributed by atoms with Crippen LogP contribution in [0.1, 0.15) is 29.7 Å². The predicted molar refractivity (Wildman–Crippen MR) is 179 cm³/mol. The number of halogens is 3. The van der Waals surface area contributed by atoms with Gasteiger partial charge in [-0.1, -0.05) is 12.1 Å². The van der Waals surface area contributed by atoms with Gasteiger partial charge < -0.3 is 33.6 Å². The van der Waals surface area contributed by atoms with Crippen LogP contribution in [-0.4, -0.2) is 84.6 Å². The van der Waals surface area contributed by atoms with Crippen LogP contribution < -0.4 is 10.3 Å². The van der Waals surface area contributed by atoms with Crippen molar-refractivity contribution in [1.29, 1.82) is 0 Å². The lowest BCUT2D eigenvalue weighted by atomic mass is 10.0. The molecule has 0 saturated heterocycles. The van der Waals surface area contributed by atoms with Crippen LogP contribution in [-0.2, 0) is 38.6 Å². The molecule has 0 unspecified atom stereocenters. The Labute approximate surface area is 286 Å². The number of nitrogens with one attached hydrogen (secondary N) is 1. The number of rotatable bonds is 16. The maximum absolute atomic E-state index is 14.5. The first-order chi connectivity index (χ1) is 23.9. The van der Waals surface area contributed by atoms with Gasteiger partial charge in [-0.15, -0.1) is 0 Å². The second-order valence-electron chi connectivity index (χ2n) is 11.8. The lowest BCUT2D eigenvalue weighted by Gasteiger charge is -2.21. The highest BCUT2D eigenvalue weighted by molar-refractivity contribution is 5.88. The molecule has 14 heteroatoms. The fourth-order valence-corrected chi connectivity index (χ4v) is 4.96. The SMILES string of the molecule is COCCN(C)C(=O)O[C@@H](CC/C=C/C(=O)N(C)C)C(=O)Cc1cccn(Cc2cc3cc(F)cc(OCc4ccc(F)cc4F)c3[nH]2)c1=O. The van der Waals surface area contributed by atoms with E-state index in [1.807, 2.05) is 0 Å².